The first-order valence-corrected chi connectivity index (χ1v) is 8.28. The number of carbonyl (C=O) groups excluding carboxylic acids is 2. The molecule has 132 valence electrons. The number of nitrogens with one attached hydrogen (secondary N) is 1. The van der Waals surface area contributed by atoms with E-state index in [9.17, 15) is 9.59 Å². The van der Waals surface area contributed by atoms with E-state index in [0.717, 1.165) is 16.7 Å². The largest absolute Gasteiger partial charge is 0.352 e. The Kier molecular flexibility index (Phi) is 6.17. The molecule has 0 heterocycles. The molecule has 0 saturated heterocycles. The van der Waals surface area contributed by atoms with Crippen molar-refractivity contribution >= 4 is 11.9 Å². The molecule has 0 saturated carbocycles. The minimum atomic E-state index is -0.640. The lowest BCUT2D eigenvalue weighted by Gasteiger charge is -2.23. The van der Waals surface area contributed by atoms with Crippen LogP contribution in [0.5, 0.6) is 0 Å². The van der Waals surface area contributed by atoms with Gasteiger partial charge in [0.05, 0.1) is 12.5 Å². The second-order valence-electron chi connectivity index (χ2n) is 6.36. The summed E-state index contributed by atoms with van der Waals surface area (Å²) in [6.07, 6.45) is 0.161. The smallest absolute Gasteiger partial charge is 0.312 e. The first-order valence-electron chi connectivity index (χ1n) is 8.28. The molecule has 0 spiro atoms. The number of amides is 3. The van der Waals surface area contributed by atoms with Crippen LogP contribution in [0, 0.1) is 13.8 Å². The Hall–Kier alpha value is -2.82. The molecule has 0 aliphatic rings. The van der Waals surface area contributed by atoms with Crippen LogP contribution in [0.3, 0.4) is 0 Å². The molecule has 5 nitrogen and oxygen atoms in total. The van der Waals surface area contributed by atoms with E-state index in [1.54, 1.807) is 11.9 Å². The minimum absolute atomic E-state index is 0.0532. The van der Waals surface area contributed by atoms with Crippen LogP contribution in [0.4, 0.5) is 4.79 Å². The molecule has 2 aromatic rings. The van der Waals surface area contributed by atoms with Gasteiger partial charge >= 0.3 is 6.03 Å². The lowest BCUT2D eigenvalue weighted by Crippen LogP contribution is -2.37. The number of urea groups is 1. The van der Waals surface area contributed by atoms with Crippen molar-refractivity contribution in [2.45, 2.75) is 32.9 Å². The zero-order valence-electron chi connectivity index (χ0n) is 15.0. The third kappa shape index (κ3) is 5.35. The van der Waals surface area contributed by atoms with Crippen LogP contribution in [-0.2, 0) is 11.3 Å². The molecule has 0 aromatic heterocycles. The molecule has 25 heavy (non-hydrogen) atoms. The van der Waals surface area contributed by atoms with Crippen molar-refractivity contribution < 1.29 is 9.59 Å². The maximum atomic E-state index is 12.6. The highest BCUT2D eigenvalue weighted by Crippen LogP contribution is 2.19. The summed E-state index contributed by atoms with van der Waals surface area (Å²) in [7, 11) is 1.77. The van der Waals surface area contributed by atoms with Crippen molar-refractivity contribution in [1.29, 1.82) is 0 Å². The quantitative estimate of drug-likeness (QED) is 0.849. The van der Waals surface area contributed by atoms with Crippen molar-refractivity contribution in [2.24, 2.45) is 5.73 Å². The Balaban J connectivity index is 2.07. The molecule has 3 amide bonds. The lowest BCUT2D eigenvalue weighted by atomic mass is 10.0. The summed E-state index contributed by atoms with van der Waals surface area (Å²) in [4.78, 5) is 25.6. The van der Waals surface area contributed by atoms with Crippen molar-refractivity contribution in [1.82, 2.24) is 10.2 Å². The SMILES string of the molecule is Cc1ccc(CN(C)C(=O)C[C@H](NC(N)=O)c2ccccc2)c(C)c1. The van der Waals surface area contributed by atoms with Gasteiger partial charge < -0.3 is 16.0 Å². The third-order valence-corrected chi connectivity index (χ3v) is 4.23. The van der Waals surface area contributed by atoms with Crippen molar-refractivity contribution in [3.05, 3.63) is 70.8 Å². The first kappa shape index (κ1) is 18.5. The zero-order chi connectivity index (χ0) is 18.4. The van der Waals surface area contributed by atoms with Crippen LogP contribution < -0.4 is 11.1 Å². The summed E-state index contributed by atoms with van der Waals surface area (Å²) < 4.78 is 0. The molecule has 3 N–H and O–H groups in total. The van der Waals surface area contributed by atoms with Crippen LogP contribution in [0.15, 0.2) is 48.5 Å². The summed E-state index contributed by atoms with van der Waals surface area (Å²) in [5.41, 5.74) is 9.59. The van der Waals surface area contributed by atoms with Crippen LogP contribution in [-0.4, -0.2) is 23.9 Å². The number of hydrogen-bond donors (Lipinski definition) is 2. The summed E-state index contributed by atoms with van der Waals surface area (Å²) in [5.74, 6) is -0.0532. The van der Waals surface area contributed by atoms with Gasteiger partial charge in [-0.3, -0.25) is 4.79 Å². The van der Waals surface area contributed by atoms with Gasteiger partial charge in [-0.25, -0.2) is 4.79 Å². The molecule has 1 atom stereocenters. The van der Waals surface area contributed by atoms with E-state index in [2.05, 4.69) is 11.4 Å². The lowest BCUT2D eigenvalue weighted by molar-refractivity contribution is -0.130. The summed E-state index contributed by atoms with van der Waals surface area (Å²) >= 11 is 0. The molecule has 0 fully saturated rings. The summed E-state index contributed by atoms with van der Waals surface area (Å²) in [6, 6.07) is 14.5. The fourth-order valence-corrected chi connectivity index (χ4v) is 2.81. The van der Waals surface area contributed by atoms with Gasteiger partial charge in [-0.1, -0.05) is 54.1 Å². The fourth-order valence-electron chi connectivity index (χ4n) is 2.81. The van der Waals surface area contributed by atoms with Crippen molar-refractivity contribution in [3.8, 4) is 0 Å². The van der Waals surface area contributed by atoms with E-state index in [-0.39, 0.29) is 12.3 Å². The number of nitrogens with two attached hydrogens (primary N) is 1. The van der Waals surface area contributed by atoms with Gasteiger partial charge in [-0.05, 0) is 30.5 Å². The number of primary amides is 1. The number of hydrogen-bond acceptors (Lipinski definition) is 2. The first-order chi connectivity index (χ1) is 11.9. The van der Waals surface area contributed by atoms with E-state index in [0.29, 0.717) is 6.54 Å². The summed E-state index contributed by atoms with van der Waals surface area (Å²) in [5, 5.41) is 2.66. The number of carbonyl (C=O) groups is 2. The molecule has 5 heteroatoms. The Bertz CT molecular complexity index is 744. The Morgan fingerprint density at radius 1 is 1.12 bits per heavy atom. The van der Waals surface area contributed by atoms with Gasteiger partial charge in [-0.2, -0.15) is 0 Å². The average molecular weight is 339 g/mol. The number of aryl methyl sites for hydroxylation is 2. The maximum Gasteiger partial charge on any atom is 0.312 e. The second-order valence-corrected chi connectivity index (χ2v) is 6.36. The van der Waals surface area contributed by atoms with Gasteiger partial charge in [0.25, 0.3) is 0 Å². The molecule has 0 aliphatic carbocycles. The van der Waals surface area contributed by atoms with Gasteiger partial charge in [0.15, 0.2) is 0 Å². The average Bonchev–Trinajstić information content (AvgIpc) is 2.57. The van der Waals surface area contributed by atoms with Gasteiger partial charge in [0.2, 0.25) is 5.91 Å². The Morgan fingerprint density at radius 3 is 2.40 bits per heavy atom. The monoisotopic (exact) mass is 339 g/mol. The Morgan fingerprint density at radius 2 is 1.80 bits per heavy atom. The minimum Gasteiger partial charge on any atom is -0.352 e. The van der Waals surface area contributed by atoms with E-state index in [4.69, 9.17) is 5.73 Å². The maximum absolute atomic E-state index is 12.6. The number of nitrogens with zero attached hydrogens (tertiary/aromatic N) is 1. The van der Waals surface area contributed by atoms with E-state index in [1.807, 2.05) is 56.3 Å². The molecule has 0 aliphatic heterocycles. The van der Waals surface area contributed by atoms with Crippen LogP contribution >= 0.6 is 0 Å². The Labute approximate surface area is 148 Å². The second kappa shape index (κ2) is 8.33. The third-order valence-electron chi connectivity index (χ3n) is 4.23. The number of rotatable bonds is 6. The molecule has 0 unspecified atom stereocenters. The highest BCUT2D eigenvalue weighted by atomic mass is 16.2. The van der Waals surface area contributed by atoms with Crippen LogP contribution in [0.2, 0.25) is 0 Å². The van der Waals surface area contributed by atoms with E-state index >= 15 is 0 Å². The molecule has 2 rings (SSSR count). The highest BCUT2D eigenvalue weighted by Gasteiger charge is 2.20. The predicted molar refractivity (Wildman–Crippen MR) is 98.9 cm³/mol. The molecule has 0 bridgehead atoms. The van der Waals surface area contributed by atoms with Crippen LogP contribution in [0.1, 0.15) is 34.7 Å². The van der Waals surface area contributed by atoms with Gasteiger partial charge in [-0.15, -0.1) is 0 Å². The molecular weight excluding hydrogens is 314 g/mol. The topological polar surface area (TPSA) is 75.4 Å². The zero-order valence-corrected chi connectivity index (χ0v) is 15.0. The standard InChI is InChI=1S/C20H25N3O2/c1-14-9-10-17(15(2)11-14)13-23(3)19(24)12-18(22-20(21)25)16-7-5-4-6-8-16/h4-11,18H,12-13H2,1-3H3,(H3,21,22,25)/t18-/m0/s1. The number of benzene rings is 2. The summed E-state index contributed by atoms with van der Waals surface area (Å²) in [6.45, 7) is 4.62. The molecule has 0 radical (unpaired) electrons. The predicted octanol–water partition coefficient (Wildman–Crippen LogP) is 3.06. The molecular formula is C20H25N3O2. The van der Waals surface area contributed by atoms with Crippen molar-refractivity contribution in [2.75, 3.05) is 7.05 Å². The normalized spacial score (nSPS) is 11.6. The highest BCUT2D eigenvalue weighted by molar-refractivity contribution is 5.78. The van der Waals surface area contributed by atoms with Gasteiger partial charge in [0, 0.05) is 13.6 Å². The van der Waals surface area contributed by atoms with Gasteiger partial charge in [0.1, 0.15) is 0 Å². The van der Waals surface area contributed by atoms with Crippen molar-refractivity contribution in [3.63, 3.8) is 0 Å². The fraction of sp³-hybridized carbons (Fsp3) is 0.300. The molecule has 2 aromatic carbocycles. The van der Waals surface area contributed by atoms with Crippen LogP contribution in [0.25, 0.3) is 0 Å². The van der Waals surface area contributed by atoms with E-state index < -0.39 is 12.1 Å². The van der Waals surface area contributed by atoms with E-state index in [1.165, 1.54) is 5.56 Å².